The lowest BCUT2D eigenvalue weighted by molar-refractivity contribution is 0.684. The van der Waals surface area contributed by atoms with Crippen molar-refractivity contribution >= 4 is 17.3 Å². The van der Waals surface area contributed by atoms with Crippen LogP contribution in [0.4, 0.5) is 0 Å². The van der Waals surface area contributed by atoms with Gasteiger partial charge >= 0.3 is 0 Å². The minimum atomic E-state index is 0.136. The molecule has 0 fully saturated rings. The molecule has 2 N–H and O–H groups in total. The van der Waals surface area contributed by atoms with Crippen molar-refractivity contribution in [2.75, 3.05) is 0 Å². The van der Waals surface area contributed by atoms with Crippen molar-refractivity contribution in [3.05, 3.63) is 52.8 Å². The molecule has 2 rings (SSSR count). The number of aryl methyl sites for hydroxylation is 2. The molecule has 0 aliphatic heterocycles. The summed E-state index contributed by atoms with van der Waals surface area (Å²) in [5, 5.41) is 11.5. The molecule has 0 amide bonds. The zero-order valence-corrected chi connectivity index (χ0v) is 13.8. The van der Waals surface area contributed by atoms with Crippen LogP contribution >= 0.6 is 12.2 Å². The summed E-state index contributed by atoms with van der Waals surface area (Å²) < 4.78 is 1.87. The van der Waals surface area contributed by atoms with E-state index in [1.807, 2.05) is 17.9 Å². The molecule has 0 radical (unpaired) electrons. The molecular weight excluding hydrogens is 280 g/mol. The van der Waals surface area contributed by atoms with Crippen molar-refractivity contribution in [1.82, 2.24) is 20.4 Å². The summed E-state index contributed by atoms with van der Waals surface area (Å²) in [6, 6.07) is 8.57. The molecule has 1 unspecified atom stereocenters. The van der Waals surface area contributed by atoms with Crippen LogP contribution < -0.4 is 10.6 Å². The van der Waals surface area contributed by atoms with Crippen molar-refractivity contribution in [3.8, 4) is 0 Å². The summed E-state index contributed by atoms with van der Waals surface area (Å²) in [7, 11) is 1.94. The maximum absolute atomic E-state index is 5.36. The van der Waals surface area contributed by atoms with Crippen LogP contribution in [0.2, 0.25) is 0 Å². The fraction of sp³-hybridized carbons (Fsp3) is 0.375. The predicted molar refractivity (Wildman–Crippen MR) is 90.1 cm³/mol. The van der Waals surface area contributed by atoms with Crippen molar-refractivity contribution < 1.29 is 0 Å². The molecule has 1 heterocycles. The Balaban J connectivity index is 1.87. The summed E-state index contributed by atoms with van der Waals surface area (Å²) in [6.07, 6.45) is 1.88. The number of nitrogens with one attached hydrogen (secondary N) is 2. The molecular formula is C16H22N4S. The Morgan fingerprint density at radius 3 is 2.52 bits per heavy atom. The highest BCUT2D eigenvalue weighted by Crippen LogP contribution is 2.15. The topological polar surface area (TPSA) is 41.9 Å². The van der Waals surface area contributed by atoms with Crippen LogP contribution in [0.15, 0.2) is 30.5 Å². The van der Waals surface area contributed by atoms with Gasteiger partial charge in [-0.3, -0.25) is 4.68 Å². The minimum absolute atomic E-state index is 0.136. The predicted octanol–water partition coefficient (Wildman–Crippen LogP) is 2.76. The fourth-order valence-corrected chi connectivity index (χ4v) is 2.40. The van der Waals surface area contributed by atoms with Crippen LogP contribution in [0.1, 0.15) is 35.3 Å². The van der Waals surface area contributed by atoms with Gasteiger partial charge in [-0.05, 0) is 38.6 Å². The van der Waals surface area contributed by atoms with Gasteiger partial charge in [0.05, 0.1) is 12.2 Å². The van der Waals surface area contributed by atoms with Gasteiger partial charge in [-0.25, -0.2) is 0 Å². The van der Waals surface area contributed by atoms with E-state index in [0.29, 0.717) is 5.11 Å². The van der Waals surface area contributed by atoms with E-state index in [9.17, 15) is 0 Å². The highest BCUT2D eigenvalue weighted by atomic mass is 32.1. The van der Waals surface area contributed by atoms with Gasteiger partial charge in [0.1, 0.15) is 0 Å². The zero-order valence-electron chi connectivity index (χ0n) is 13.0. The highest BCUT2D eigenvalue weighted by Gasteiger charge is 2.12. The Labute approximate surface area is 131 Å². The third kappa shape index (κ3) is 4.04. The van der Waals surface area contributed by atoms with Gasteiger partial charge in [0.25, 0.3) is 0 Å². The van der Waals surface area contributed by atoms with Gasteiger partial charge in [0, 0.05) is 24.8 Å². The Hall–Kier alpha value is -1.88. The van der Waals surface area contributed by atoms with Crippen LogP contribution in [0, 0.1) is 13.8 Å². The second-order valence-electron chi connectivity index (χ2n) is 5.34. The van der Waals surface area contributed by atoms with Gasteiger partial charge in [0.2, 0.25) is 0 Å². The average Bonchev–Trinajstić information content (AvgIpc) is 2.78. The molecule has 0 aliphatic carbocycles. The number of hydrogen-bond acceptors (Lipinski definition) is 2. The minimum Gasteiger partial charge on any atom is -0.359 e. The van der Waals surface area contributed by atoms with Crippen LogP contribution in [0.3, 0.4) is 0 Å². The van der Waals surface area contributed by atoms with Gasteiger partial charge in [-0.2, -0.15) is 5.10 Å². The first-order chi connectivity index (χ1) is 9.97. The smallest absolute Gasteiger partial charge is 0.167 e. The molecule has 1 aromatic heterocycles. The van der Waals surface area contributed by atoms with E-state index in [4.69, 9.17) is 12.2 Å². The number of thiocarbonyl (C=S) groups is 1. The third-order valence-corrected chi connectivity index (χ3v) is 3.92. The summed E-state index contributed by atoms with van der Waals surface area (Å²) in [6.45, 7) is 6.96. The van der Waals surface area contributed by atoms with Crippen LogP contribution in [-0.2, 0) is 13.6 Å². The normalized spacial score (nSPS) is 12.0. The van der Waals surface area contributed by atoms with E-state index < -0.39 is 0 Å². The van der Waals surface area contributed by atoms with Gasteiger partial charge < -0.3 is 10.6 Å². The van der Waals surface area contributed by atoms with Crippen molar-refractivity contribution in [2.45, 2.75) is 33.4 Å². The molecule has 0 bridgehead atoms. The van der Waals surface area contributed by atoms with Crippen molar-refractivity contribution in [1.29, 1.82) is 0 Å². The van der Waals surface area contributed by atoms with E-state index in [0.717, 1.165) is 17.8 Å². The standard InChI is InChI=1S/C16H22N4S/c1-11-5-7-14(8-6-11)9-17-16(21)19-12(2)15-10-18-20(4)13(15)3/h5-8,10,12H,9H2,1-4H3,(H2,17,19,21). The molecule has 0 saturated carbocycles. The number of hydrogen-bond donors (Lipinski definition) is 2. The lowest BCUT2D eigenvalue weighted by atomic mass is 10.1. The molecule has 4 nitrogen and oxygen atoms in total. The van der Waals surface area contributed by atoms with Crippen molar-refractivity contribution in [3.63, 3.8) is 0 Å². The molecule has 1 atom stereocenters. The number of benzene rings is 1. The SMILES string of the molecule is Cc1ccc(CNC(=S)NC(C)c2cnn(C)c2C)cc1. The molecule has 0 spiro atoms. The zero-order chi connectivity index (χ0) is 15.4. The largest absolute Gasteiger partial charge is 0.359 e. The number of aromatic nitrogens is 2. The summed E-state index contributed by atoms with van der Waals surface area (Å²) in [5.74, 6) is 0. The van der Waals surface area contributed by atoms with Crippen LogP contribution in [0.25, 0.3) is 0 Å². The van der Waals surface area contributed by atoms with E-state index in [-0.39, 0.29) is 6.04 Å². The highest BCUT2D eigenvalue weighted by molar-refractivity contribution is 7.80. The monoisotopic (exact) mass is 302 g/mol. The molecule has 5 heteroatoms. The fourth-order valence-electron chi connectivity index (χ4n) is 2.15. The van der Waals surface area contributed by atoms with E-state index in [1.54, 1.807) is 0 Å². The second kappa shape index (κ2) is 6.72. The first-order valence-corrected chi connectivity index (χ1v) is 7.46. The maximum Gasteiger partial charge on any atom is 0.167 e. The van der Waals surface area contributed by atoms with E-state index >= 15 is 0 Å². The molecule has 21 heavy (non-hydrogen) atoms. The van der Waals surface area contributed by atoms with Crippen LogP contribution in [0.5, 0.6) is 0 Å². The summed E-state index contributed by atoms with van der Waals surface area (Å²) in [4.78, 5) is 0. The second-order valence-corrected chi connectivity index (χ2v) is 5.75. The lowest BCUT2D eigenvalue weighted by Gasteiger charge is -2.17. The van der Waals surface area contributed by atoms with Crippen LogP contribution in [-0.4, -0.2) is 14.9 Å². The number of rotatable bonds is 4. The molecule has 0 aliphatic rings. The summed E-state index contributed by atoms with van der Waals surface area (Å²) in [5.41, 5.74) is 4.79. The molecule has 0 saturated heterocycles. The van der Waals surface area contributed by atoms with E-state index in [1.165, 1.54) is 11.1 Å². The quantitative estimate of drug-likeness (QED) is 0.852. The number of nitrogens with zero attached hydrogens (tertiary/aromatic N) is 2. The first-order valence-electron chi connectivity index (χ1n) is 7.05. The first kappa shape index (κ1) is 15.5. The van der Waals surface area contributed by atoms with Gasteiger partial charge in [0.15, 0.2) is 5.11 Å². The molecule has 1 aromatic carbocycles. The Morgan fingerprint density at radius 1 is 1.29 bits per heavy atom. The van der Waals surface area contributed by atoms with Gasteiger partial charge in [-0.1, -0.05) is 29.8 Å². The third-order valence-electron chi connectivity index (χ3n) is 3.66. The Kier molecular flexibility index (Phi) is 4.96. The summed E-state index contributed by atoms with van der Waals surface area (Å²) >= 11 is 5.36. The Bertz CT molecular complexity index is 616. The van der Waals surface area contributed by atoms with Crippen molar-refractivity contribution in [2.24, 2.45) is 7.05 Å². The average molecular weight is 302 g/mol. The molecule has 112 valence electrons. The lowest BCUT2D eigenvalue weighted by Crippen LogP contribution is -2.36. The molecule has 2 aromatic rings. The van der Waals surface area contributed by atoms with E-state index in [2.05, 4.69) is 60.8 Å². The maximum atomic E-state index is 5.36. The van der Waals surface area contributed by atoms with Gasteiger partial charge in [-0.15, -0.1) is 0 Å². The Morgan fingerprint density at radius 2 is 1.95 bits per heavy atom.